The average molecular weight is 1120 g/mol. The minimum atomic E-state index is -0.660. The normalized spacial score (nSPS) is 12.7. The predicted molar refractivity (Wildman–Crippen MR) is 352 cm³/mol. The molecule has 80 heavy (non-hydrogen) atoms. The number of allylic oxidation sites excluding steroid dienone is 6. The van der Waals surface area contributed by atoms with Crippen LogP contribution in [-0.4, -0.2) is 47.4 Å². The SMILES string of the molecule is CCCCCCCC/C=C\CCCCCCCCCCCC(=O)OCCCCCCCCCCCCC/C=C\C/C=C\CCCCCCCCCCCCCCCCCCCC(=O)NC(CO)C(O)CCCCCCCCCCC. The Morgan fingerprint density at radius 2 is 0.625 bits per heavy atom. The first-order chi connectivity index (χ1) is 39.5. The molecule has 0 aliphatic heterocycles. The Morgan fingerprint density at radius 3 is 0.963 bits per heavy atom. The van der Waals surface area contributed by atoms with E-state index < -0.39 is 12.1 Å². The molecule has 0 aromatic rings. The van der Waals surface area contributed by atoms with Crippen molar-refractivity contribution in [2.45, 2.75) is 411 Å². The molecule has 1 amide bonds. The minimum absolute atomic E-state index is 0.0167. The number of amides is 1. The van der Waals surface area contributed by atoms with Crippen molar-refractivity contribution >= 4 is 11.9 Å². The van der Waals surface area contributed by atoms with Crippen LogP contribution in [0.2, 0.25) is 0 Å². The number of hydrogen-bond donors (Lipinski definition) is 3. The van der Waals surface area contributed by atoms with Crippen LogP contribution in [0.3, 0.4) is 0 Å². The molecule has 6 nitrogen and oxygen atoms in total. The van der Waals surface area contributed by atoms with Crippen LogP contribution in [0.25, 0.3) is 0 Å². The Bertz CT molecular complexity index is 1300. The fraction of sp³-hybridized carbons (Fsp3) is 0.892. The van der Waals surface area contributed by atoms with Gasteiger partial charge in [-0.3, -0.25) is 9.59 Å². The van der Waals surface area contributed by atoms with Gasteiger partial charge in [0.25, 0.3) is 0 Å². The summed E-state index contributed by atoms with van der Waals surface area (Å²) >= 11 is 0. The van der Waals surface area contributed by atoms with Gasteiger partial charge in [0, 0.05) is 12.8 Å². The molecular formula is C74H141NO5. The number of unbranched alkanes of at least 4 members (excludes halogenated alkanes) is 51. The lowest BCUT2D eigenvalue weighted by Crippen LogP contribution is -2.45. The lowest BCUT2D eigenvalue weighted by atomic mass is 10.0. The van der Waals surface area contributed by atoms with Gasteiger partial charge in [-0.1, -0.05) is 339 Å². The van der Waals surface area contributed by atoms with E-state index in [4.69, 9.17) is 4.74 Å². The van der Waals surface area contributed by atoms with Gasteiger partial charge in [-0.25, -0.2) is 0 Å². The number of carbonyl (C=O) groups is 2. The molecule has 0 heterocycles. The lowest BCUT2D eigenvalue weighted by molar-refractivity contribution is -0.143. The number of hydrogen-bond acceptors (Lipinski definition) is 5. The van der Waals surface area contributed by atoms with Gasteiger partial charge in [0.2, 0.25) is 5.91 Å². The number of aliphatic hydroxyl groups excluding tert-OH is 2. The predicted octanol–water partition coefficient (Wildman–Crippen LogP) is 23.5. The van der Waals surface area contributed by atoms with E-state index in [0.717, 1.165) is 44.9 Å². The number of nitrogens with one attached hydrogen (secondary N) is 1. The van der Waals surface area contributed by atoms with Crippen LogP contribution in [0, 0.1) is 0 Å². The Hall–Kier alpha value is -1.92. The molecule has 6 heteroatoms. The summed E-state index contributed by atoms with van der Waals surface area (Å²) in [5.41, 5.74) is 0. The first kappa shape index (κ1) is 78.1. The summed E-state index contributed by atoms with van der Waals surface area (Å²) in [6.45, 7) is 4.95. The van der Waals surface area contributed by atoms with Crippen LogP contribution in [0.15, 0.2) is 36.5 Å². The highest BCUT2D eigenvalue weighted by molar-refractivity contribution is 5.76. The molecule has 0 spiro atoms. The highest BCUT2D eigenvalue weighted by atomic mass is 16.5. The standard InChI is InChI=1S/C74H141NO5/c1-3-5-7-9-11-13-14-15-16-17-35-39-42-45-48-52-56-60-64-68-74(79)80-69-65-61-57-53-49-46-43-40-37-34-32-30-28-26-24-22-20-18-19-21-23-25-27-29-31-33-36-38-41-44-47-51-55-59-63-67-73(78)75-71(70-76)72(77)66-62-58-54-50-12-10-8-6-4-2/h15-16,20,22,26,28,71-72,76-77H,3-14,17-19,21,23-25,27,29-70H2,1-2H3,(H,75,78)/b16-15-,22-20-,28-26-. The number of carbonyl (C=O) groups excluding carboxylic acids is 2. The van der Waals surface area contributed by atoms with Gasteiger partial charge in [-0.15, -0.1) is 0 Å². The molecule has 0 saturated heterocycles. The summed E-state index contributed by atoms with van der Waals surface area (Å²) in [6.07, 6.45) is 89.4. The highest BCUT2D eigenvalue weighted by Crippen LogP contribution is 2.19. The van der Waals surface area contributed by atoms with Crippen LogP contribution in [0.4, 0.5) is 0 Å². The second-order valence-corrected chi connectivity index (χ2v) is 24.9. The highest BCUT2D eigenvalue weighted by Gasteiger charge is 2.20. The molecule has 3 N–H and O–H groups in total. The van der Waals surface area contributed by atoms with Crippen molar-refractivity contribution in [3.63, 3.8) is 0 Å². The first-order valence-electron chi connectivity index (χ1n) is 36.2. The summed E-state index contributed by atoms with van der Waals surface area (Å²) in [7, 11) is 0. The molecule has 2 atom stereocenters. The van der Waals surface area contributed by atoms with Crippen LogP contribution >= 0.6 is 0 Å². The van der Waals surface area contributed by atoms with Gasteiger partial charge in [0.15, 0.2) is 0 Å². The summed E-state index contributed by atoms with van der Waals surface area (Å²) in [5.74, 6) is -0.0169. The molecule has 0 rings (SSSR count). The first-order valence-corrected chi connectivity index (χ1v) is 36.2. The Kier molecular flexibility index (Phi) is 67.9. The zero-order valence-electron chi connectivity index (χ0n) is 54.1. The van der Waals surface area contributed by atoms with E-state index >= 15 is 0 Å². The molecular weight excluding hydrogens is 983 g/mol. The van der Waals surface area contributed by atoms with E-state index in [1.807, 2.05) is 0 Å². The molecule has 0 aromatic heterocycles. The molecule has 0 bridgehead atoms. The number of aliphatic hydroxyl groups is 2. The molecule has 0 fully saturated rings. The van der Waals surface area contributed by atoms with Crippen molar-refractivity contribution in [3.8, 4) is 0 Å². The van der Waals surface area contributed by atoms with Crippen LogP contribution in [-0.2, 0) is 14.3 Å². The number of ether oxygens (including phenoxy) is 1. The van der Waals surface area contributed by atoms with Gasteiger partial charge in [0.1, 0.15) is 0 Å². The Balaban J connectivity index is 3.33. The monoisotopic (exact) mass is 1120 g/mol. The van der Waals surface area contributed by atoms with Crippen LogP contribution in [0.1, 0.15) is 399 Å². The summed E-state index contributed by atoms with van der Waals surface area (Å²) in [4.78, 5) is 24.5. The van der Waals surface area contributed by atoms with Crippen molar-refractivity contribution in [3.05, 3.63) is 36.5 Å². The van der Waals surface area contributed by atoms with Crippen molar-refractivity contribution in [1.29, 1.82) is 0 Å². The van der Waals surface area contributed by atoms with Crippen LogP contribution < -0.4 is 5.32 Å². The molecule has 0 aliphatic carbocycles. The molecule has 0 aromatic carbocycles. The van der Waals surface area contributed by atoms with Crippen molar-refractivity contribution < 1.29 is 24.5 Å². The zero-order valence-corrected chi connectivity index (χ0v) is 54.1. The van der Waals surface area contributed by atoms with Gasteiger partial charge < -0.3 is 20.3 Å². The largest absolute Gasteiger partial charge is 0.466 e. The Labute approximate surface area is 500 Å². The minimum Gasteiger partial charge on any atom is -0.466 e. The van der Waals surface area contributed by atoms with Crippen molar-refractivity contribution in [2.24, 2.45) is 0 Å². The second kappa shape index (κ2) is 69.6. The molecule has 0 radical (unpaired) electrons. The molecule has 0 saturated carbocycles. The van der Waals surface area contributed by atoms with Gasteiger partial charge in [-0.05, 0) is 83.5 Å². The van der Waals surface area contributed by atoms with Gasteiger partial charge in [-0.2, -0.15) is 0 Å². The van der Waals surface area contributed by atoms with Crippen molar-refractivity contribution in [2.75, 3.05) is 13.2 Å². The topological polar surface area (TPSA) is 95.9 Å². The average Bonchev–Trinajstić information content (AvgIpc) is 3.46. The maximum absolute atomic E-state index is 12.4. The fourth-order valence-corrected chi connectivity index (χ4v) is 11.4. The van der Waals surface area contributed by atoms with Gasteiger partial charge in [0.05, 0.1) is 25.4 Å². The quantitative estimate of drug-likeness (QED) is 0.0320. The molecule has 472 valence electrons. The van der Waals surface area contributed by atoms with E-state index in [0.29, 0.717) is 25.9 Å². The third kappa shape index (κ3) is 65.2. The van der Waals surface area contributed by atoms with E-state index in [2.05, 4.69) is 55.6 Å². The third-order valence-electron chi connectivity index (χ3n) is 16.9. The Morgan fingerprint density at radius 1 is 0.350 bits per heavy atom. The maximum Gasteiger partial charge on any atom is 0.305 e. The zero-order chi connectivity index (χ0) is 57.8. The smallest absolute Gasteiger partial charge is 0.305 e. The number of rotatable bonds is 68. The van der Waals surface area contributed by atoms with Crippen LogP contribution in [0.5, 0.6) is 0 Å². The van der Waals surface area contributed by atoms with E-state index in [9.17, 15) is 19.8 Å². The van der Waals surface area contributed by atoms with E-state index in [1.165, 1.54) is 321 Å². The van der Waals surface area contributed by atoms with Gasteiger partial charge >= 0.3 is 5.97 Å². The van der Waals surface area contributed by atoms with E-state index in [-0.39, 0.29) is 18.5 Å². The number of esters is 1. The molecule has 0 aliphatic rings. The summed E-state index contributed by atoms with van der Waals surface area (Å²) in [5, 5.41) is 23.1. The van der Waals surface area contributed by atoms with Crippen molar-refractivity contribution in [1.82, 2.24) is 5.32 Å². The fourth-order valence-electron chi connectivity index (χ4n) is 11.4. The summed E-state index contributed by atoms with van der Waals surface area (Å²) in [6, 6.07) is -0.537. The van der Waals surface area contributed by atoms with E-state index in [1.54, 1.807) is 0 Å². The lowest BCUT2D eigenvalue weighted by Gasteiger charge is -2.22. The third-order valence-corrected chi connectivity index (χ3v) is 16.9. The second-order valence-electron chi connectivity index (χ2n) is 24.9. The summed E-state index contributed by atoms with van der Waals surface area (Å²) < 4.78 is 5.51. The maximum atomic E-state index is 12.4. The molecule has 2 unspecified atom stereocenters.